The van der Waals surface area contributed by atoms with Crippen LogP contribution in [0.1, 0.15) is 26.0 Å². The fourth-order valence-corrected chi connectivity index (χ4v) is 5.06. The average Bonchev–Trinajstić information content (AvgIpc) is 3.35. The number of carboxylic acids is 1. The van der Waals surface area contributed by atoms with E-state index in [0.29, 0.717) is 0 Å². The van der Waals surface area contributed by atoms with E-state index >= 15 is 0 Å². The Morgan fingerprint density at radius 3 is 2.39 bits per heavy atom. The van der Waals surface area contributed by atoms with Crippen molar-refractivity contribution in [3.8, 4) is 0 Å². The number of rotatable bonds is 11. The number of hydrogen-bond donors (Lipinski definition) is 7. The Kier molecular flexibility index (Phi) is 9.82. The van der Waals surface area contributed by atoms with E-state index in [1.165, 1.54) is 5.38 Å². The Labute approximate surface area is 251 Å². The highest BCUT2D eigenvalue weighted by atomic mass is 32.2. The Bertz CT molecular complexity index is 1600. The van der Waals surface area contributed by atoms with Gasteiger partial charge in [-0.3, -0.25) is 33.3 Å². The van der Waals surface area contributed by atoms with Crippen LogP contribution in [0, 0.1) is 0 Å². The third kappa shape index (κ3) is 7.58. The summed E-state index contributed by atoms with van der Waals surface area (Å²) in [4.78, 5) is 93.2. The number of oxime groups is 1. The van der Waals surface area contributed by atoms with Crippen molar-refractivity contribution in [2.75, 3.05) is 18.8 Å². The van der Waals surface area contributed by atoms with Gasteiger partial charge in [0, 0.05) is 24.9 Å². The van der Waals surface area contributed by atoms with Crippen LogP contribution in [0.2, 0.25) is 0 Å². The molecule has 1 aliphatic heterocycles. The summed E-state index contributed by atoms with van der Waals surface area (Å²) in [5.74, 6) is -8.44. The molecule has 1 aromatic rings. The zero-order chi connectivity index (χ0) is 33.1. The second-order valence-corrected chi connectivity index (χ2v) is 11.8. The molecule has 3 rings (SSSR count). The molecule has 2 heterocycles. The van der Waals surface area contributed by atoms with Crippen LogP contribution < -0.4 is 21.7 Å². The highest BCUT2D eigenvalue weighted by Gasteiger charge is 2.54. The number of nitrogens with two attached hydrogens (primary N) is 1. The fraction of sp³-hybridized carbons (Fsp3) is 0.409. The number of thiazole rings is 1. The Balaban J connectivity index is 1.73. The molecule has 22 heteroatoms. The minimum absolute atomic E-state index is 0.0245. The summed E-state index contributed by atoms with van der Waals surface area (Å²) in [7, 11) is -5.21. The quantitative estimate of drug-likeness (QED) is 0.0390. The average molecular weight is 660 g/mol. The van der Waals surface area contributed by atoms with E-state index in [9.17, 15) is 56.7 Å². The molecule has 3 atom stereocenters. The number of aromatic nitrogens is 1. The van der Waals surface area contributed by atoms with Crippen LogP contribution in [-0.2, 0) is 48.7 Å². The number of allylic oxidation sites excluding steroid dienone is 1. The summed E-state index contributed by atoms with van der Waals surface area (Å²) in [6, 6.07) is -3.39. The zero-order valence-corrected chi connectivity index (χ0v) is 24.3. The molecule has 1 aromatic heterocycles. The van der Waals surface area contributed by atoms with Crippen molar-refractivity contribution in [1.82, 2.24) is 25.2 Å². The standard InChI is InChI=1S/C22H25N7O13S2/c1-22(2,20(37)38)42-28-14(9-7-43-21(23)26-9)16(33)27-15-10(29(19(15)36)44(39,40)41)6-25-18(35)17(34)24-5-8-3-12(31)13(32)4-11(8)30/h3,7,10-11,15,30H,4-6H2,1-2H3,(H2,23,26)(H,24,34)(H,25,35)(H,27,33)(H,37,38)(H,39,40,41)/t10-,11?,15+/m1/s1. The van der Waals surface area contributed by atoms with Gasteiger partial charge in [0.25, 0.3) is 11.8 Å². The van der Waals surface area contributed by atoms with Crippen molar-refractivity contribution in [2.24, 2.45) is 5.16 Å². The molecule has 0 bridgehead atoms. The first kappa shape index (κ1) is 33.7. The summed E-state index contributed by atoms with van der Waals surface area (Å²) in [6.45, 7) is 0.938. The third-order valence-corrected chi connectivity index (χ3v) is 7.72. The molecule has 2 aliphatic rings. The van der Waals surface area contributed by atoms with E-state index in [2.05, 4.69) is 20.8 Å². The van der Waals surface area contributed by atoms with E-state index < -0.39 is 100 Å². The fourth-order valence-electron chi connectivity index (χ4n) is 3.63. The third-order valence-electron chi connectivity index (χ3n) is 6.09. The predicted octanol–water partition coefficient (Wildman–Crippen LogP) is -4.13. The van der Waals surface area contributed by atoms with Crippen LogP contribution >= 0.6 is 11.3 Å². The maximum atomic E-state index is 13.1. The van der Waals surface area contributed by atoms with Crippen molar-refractivity contribution in [2.45, 2.75) is 44.1 Å². The number of amides is 4. The summed E-state index contributed by atoms with van der Waals surface area (Å²) in [5.41, 5.74) is 2.76. The Hall–Kier alpha value is -4.80. The number of carbonyl (C=O) groups is 7. The zero-order valence-electron chi connectivity index (χ0n) is 22.7. The molecule has 1 saturated heterocycles. The van der Waals surface area contributed by atoms with Crippen molar-refractivity contribution in [3.63, 3.8) is 0 Å². The second-order valence-electron chi connectivity index (χ2n) is 9.67. The number of β-lactam (4-membered cyclic amide) rings is 1. The van der Waals surface area contributed by atoms with Gasteiger partial charge in [-0.05, 0) is 25.5 Å². The van der Waals surface area contributed by atoms with Crippen molar-refractivity contribution in [3.05, 3.63) is 22.7 Å². The lowest BCUT2D eigenvalue weighted by Gasteiger charge is -2.44. The molecular weight excluding hydrogens is 634 g/mol. The van der Waals surface area contributed by atoms with E-state index in [4.69, 9.17) is 10.6 Å². The maximum Gasteiger partial charge on any atom is 0.362 e. The normalized spacial score (nSPS) is 20.8. The number of carbonyl (C=O) groups excluding carboxylic acids is 6. The predicted molar refractivity (Wildman–Crippen MR) is 145 cm³/mol. The topological polar surface area (TPSA) is 314 Å². The molecule has 0 radical (unpaired) electrons. The molecule has 20 nitrogen and oxygen atoms in total. The Morgan fingerprint density at radius 1 is 1.18 bits per heavy atom. The van der Waals surface area contributed by atoms with Gasteiger partial charge in [0.2, 0.25) is 17.2 Å². The highest BCUT2D eigenvalue weighted by molar-refractivity contribution is 7.84. The van der Waals surface area contributed by atoms with E-state index in [1.54, 1.807) is 0 Å². The van der Waals surface area contributed by atoms with Crippen LogP contribution in [0.15, 0.2) is 22.2 Å². The molecule has 1 fully saturated rings. The number of hydrogen-bond acceptors (Lipinski definition) is 15. The first-order valence-electron chi connectivity index (χ1n) is 12.2. The van der Waals surface area contributed by atoms with Gasteiger partial charge in [-0.2, -0.15) is 8.42 Å². The number of ketones is 2. The van der Waals surface area contributed by atoms with Crippen LogP contribution in [0.5, 0.6) is 0 Å². The van der Waals surface area contributed by atoms with Crippen LogP contribution in [0.4, 0.5) is 5.13 Å². The number of aliphatic hydroxyl groups is 1. The first-order chi connectivity index (χ1) is 20.3. The molecule has 238 valence electrons. The lowest BCUT2D eigenvalue weighted by molar-refractivity contribution is -0.161. The molecular formula is C22H25N7O13S2. The number of carboxylic acid groups (broad SMARTS) is 1. The van der Waals surface area contributed by atoms with Gasteiger partial charge in [0.1, 0.15) is 11.7 Å². The summed E-state index contributed by atoms with van der Waals surface area (Å²) in [5, 5.41) is 30.1. The molecule has 0 saturated carbocycles. The summed E-state index contributed by atoms with van der Waals surface area (Å²) in [6.07, 6.45) is -1.06. The molecule has 1 aliphatic carbocycles. The van der Waals surface area contributed by atoms with Gasteiger partial charge < -0.3 is 36.7 Å². The van der Waals surface area contributed by atoms with Gasteiger partial charge in [0.15, 0.2) is 10.8 Å². The smallest absolute Gasteiger partial charge is 0.362 e. The highest BCUT2D eigenvalue weighted by Crippen LogP contribution is 2.24. The molecule has 8 N–H and O–H groups in total. The van der Waals surface area contributed by atoms with Gasteiger partial charge in [-0.1, -0.05) is 5.16 Å². The number of aliphatic carboxylic acids is 1. The van der Waals surface area contributed by atoms with Crippen LogP contribution in [0.25, 0.3) is 0 Å². The second kappa shape index (κ2) is 12.8. The number of nitrogen functional groups attached to an aromatic ring is 1. The van der Waals surface area contributed by atoms with Crippen molar-refractivity contribution >= 4 is 73.6 Å². The number of Topliss-reactive ketones (excluding diaryl/α,β-unsaturated/α-hetero) is 1. The lowest BCUT2D eigenvalue weighted by atomic mass is 9.94. The van der Waals surface area contributed by atoms with Gasteiger partial charge >= 0.3 is 28.1 Å². The van der Waals surface area contributed by atoms with Crippen LogP contribution in [-0.4, -0.2) is 116 Å². The minimum atomic E-state index is -5.21. The molecule has 4 amide bonds. The van der Waals surface area contributed by atoms with Crippen LogP contribution in [0.3, 0.4) is 0 Å². The number of anilines is 1. The largest absolute Gasteiger partial charge is 0.478 e. The monoisotopic (exact) mass is 659 g/mol. The van der Waals surface area contributed by atoms with Gasteiger partial charge in [-0.15, -0.1) is 11.3 Å². The summed E-state index contributed by atoms with van der Waals surface area (Å²) < 4.78 is 33.0. The number of nitrogens with one attached hydrogen (secondary N) is 3. The molecule has 1 unspecified atom stereocenters. The van der Waals surface area contributed by atoms with Gasteiger partial charge in [0.05, 0.1) is 12.1 Å². The number of nitrogens with zero attached hydrogens (tertiary/aromatic N) is 3. The minimum Gasteiger partial charge on any atom is -0.478 e. The SMILES string of the molecule is CC(C)(ON=C(C(=O)N[C@@H]1C(=O)N(S(=O)(=O)O)[C@@H]1CNC(=O)C(=O)NCC1=CC(=O)C(=O)CC1O)c1csc(N)n1)C(=O)O. The first-order valence-corrected chi connectivity index (χ1v) is 14.4. The van der Waals surface area contributed by atoms with Crippen molar-refractivity contribution < 1.29 is 61.6 Å². The maximum absolute atomic E-state index is 13.1. The molecule has 0 spiro atoms. The Morgan fingerprint density at radius 2 is 1.82 bits per heavy atom. The van der Waals surface area contributed by atoms with Gasteiger partial charge in [-0.25, -0.2) is 14.1 Å². The molecule has 0 aromatic carbocycles. The van der Waals surface area contributed by atoms with E-state index in [1.807, 2.05) is 5.32 Å². The van der Waals surface area contributed by atoms with E-state index in [-0.39, 0.29) is 20.7 Å². The lowest BCUT2D eigenvalue weighted by Crippen LogP contribution is -2.74. The summed E-state index contributed by atoms with van der Waals surface area (Å²) >= 11 is 0.873. The number of aliphatic hydroxyl groups excluding tert-OH is 1. The van der Waals surface area contributed by atoms with Crippen molar-refractivity contribution in [1.29, 1.82) is 0 Å². The van der Waals surface area contributed by atoms with E-state index in [0.717, 1.165) is 31.3 Å². The molecule has 44 heavy (non-hydrogen) atoms.